The summed E-state index contributed by atoms with van der Waals surface area (Å²) in [6.45, 7) is 7.44. The van der Waals surface area contributed by atoms with Gasteiger partial charge >= 0.3 is 12.0 Å². The lowest BCUT2D eigenvalue weighted by atomic mass is 9.87. The molecular formula is C14H25N3O3. The summed E-state index contributed by atoms with van der Waals surface area (Å²) in [5.41, 5.74) is -0.701. The molecule has 6 heteroatoms. The summed E-state index contributed by atoms with van der Waals surface area (Å²) in [5, 5.41) is 3.21. The van der Waals surface area contributed by atoms with Crippen LogP contribution in [-0.4, -0.2) is 67.7 Å². The van der Waals surface area contributed by atoms with E-state index in [2.05, 4.69) is 11.9 Å². The van der Waals surface area contributed by atoms with Gasteiger partial charge in [-0.15, -0.1) is 6.58 Å². The highest BCUT2D eigenvalue weighted by Crippen LogP contribution is 2.24. The average molecular weight is 283 g/mol. The Bertz CT molecular complexity index is 361. The monoisotopic (exact) mass is 283 g/mol. The van der Waals surface area contributed by atoms with Gasteiger partial charge in [-0.25, -0.2) is 4.79 Å². The summed E-state index contributed by atoms with van der Waals surface area (Å²) >= 11 is 0. The van der Waals surface area contributed by atoms with E-state index in [0.717, 1.165) is 0 Å². The Morgan fingerprint density at radius 1 is 1.40 bits per heavy atom. The number of hydrogen-bond acceptors (Lipinski definition) is 4. The molecule has 0 aromatic rings. The lowest BCUT2D eigenvalue weighted by molar-refractivity contribution is -0.153. The molecule has 0 saturated carbocycles. The van der Waals surface area contributed by atoms with Crippen molar-refractivity contribution in [3.05, 3.63) is 12.7 Å². The molecule has 0 aromatic heterocycles. The lowest BCUT2D eigenvalue weighted by Gasteiger charge is -2.41. The van der Waals surface area contributed by atoms with Gasteiger partial charge in [-0.2, -0.15) is 0 Å². The fourth-order valence-corrected chi connectivity index (χ4v) is 2.35. The first-order chi connectivity index (χ1) is 9.46. The van der Waals surface area contributed by atoms with Gasteiger partial charge in [0.25, 0.3) is 0 Å². The lowest BCUT2D eigenvalue weighted by Crippen LogP contribution is -2.60. The van der Waals surface area contributed by atoms with Crippen molar-refractivity contribution in [3.8, 4) is 0 Å². The number of nitrogens with one attached hydrogen (secondary N) is 1. The van der Waals surface area contributed by atoms with Crippen LogP contribution in [-0.2, 0) is 9.53 Å². The number of likely N-dealkylation sites (tertiary alicyclic amines) is 1. The molecule has 114 valence electrons. The average Bonchev–Trinajstić information content (AvgIpc) is 2.45. The number of ether oxygens (including phenoxy) is 1. The van der Waals surface area contributed by atoms with Crippen LogP contribution in [0, 0.1) is 0 Å². The molecule has 0 aliphatic carbocycles. The van der Waals surface area contributed by atoms with Crippen LogP contribution in [0.3, 0.4) is 0 Å². The van der Waals surface area contributed by atoms with Crippen molar-refractivity contribution in [2.45, 2.75) is 25.3 Å². The molecule has 1 fully saturated rings. The van der Waals surface area contributed by atoms with Crippen molar-refractivity contribution in [1.29, 1.82) is 0 Å². The van der Waals surface area contributed by atoms with Crippen LogP contribution in [0.15, 0.2) is 12.7 Å². The minimum atomic E-state index is -0.701. The van der Waals surface area contributed by atoms with Crippen molar-refractivity contribution in [2.75, 3.05) is 40.3 Å². The van der Waals surface area contributed by atoms with Gasteiger partial charge in [0.2, 0.25) is 0 Å². The van der Waals surface area contributed by atoms with E-state index in [4.69, 9.17) is 4.74 Å². The van der Waals surface area contributed by atoms with Crippen LogP contribution < -0.4 is 5.32 Å². The van der Waals surface area contributed by atoms with Gasteiger partial charge in [-0.05, 0) is 19.8 Å². The number of nitrogens with zero attached hydrogens (tertiary/aromatic N) is 2. The molecule has 0 aromatic carbocycles. The van der Waals surface area contributed by atoms with Gasteiger partial charge in [-0.3, -0.25) is 10.1 Å². The first kappa shape index (κ1) is 16.5. The first-order valence-electron chi connectivity index (χ1n) is 6.96. The zero-order valence-electron chi connectivity index (χ0n) is 12.6. The largest absolute Gasteiger partial charge is 0.465 e. The van der Waals surface area contributed by atoms with E-state index >= 15 is 0 Å². The SMILES string of the molecule is C=CCNC1(C(=O)OCC)CCN(C(=O)N(C)C)CC1. The molecule has 0 atom stereocenters. The molecule has 0 bridgehead atoms. The summed E-state index contributed by atoms with van der Waals surface area (Å²) in [6.07, 6.45) is 2.83. The maximum Gasteiger partial charge on any atom is 0.326 e. The number of hydrogen-bond donors (Lipinski definition) is 1. The van der Waals surface area contributed by atoms with Crippen LogP contribution in [0.1, 0.15) is 19.8 Å². The summed E-state index contributed by atoms with van der Waals surface area (Å²) in [5.74, 6) is -0.237. The van der Waals surface area contributed by atoms with Gasteiger partial charge in [0.1, 0.15) is 5.54 Å². The van der Waals surface area contributed by atoms with E-state index in [1.54, 1.807) is 36.9 Å². The second kappa shape index (κ2) is 7.28. The highest BCUT2D eigenvalue weighted by atomic mass is 16.5. The standard InChI is InChI=1S/C14H25N3O3/c1-5-9-15-14(12(18)20-6-2)7-10-17(11-8-14)13(19)16(3)4/h5,15H,1,6-11H2,2-4H3. The number of piperidine rings is 1. The second-order valence-corrected chi connectivity index (χ2v) is 5.14. The van der Waals surface area contributed by atoms with Gasteiger partial charge in [0.05, 0.1) is 6.61 Å². The van der Waals surface area contributed by atoms with Crippen LogP contribution in [0.5, 0.6) is 0 Å². The second-order valence-electron chi connectivity index (χ2n) is 5.14. The Balaban J connectivity index is 2.72. The Morgan fingerprint density at radius 3 is 2.45 bits per heavy atom. The highest BCUT2D eigenvalue weighted by molar-refractivity contribution is 5.82. The Labute approximate surface area is 120 Å². The Morgan fingerprint density at radius 2 is 2.00 bits per heavy atom. The number of carbonyl (C=O) groups excluding carboxylic acids is 2. The van der Waals surface area contributed by atoms with Crippen LogP contribution in [0.25, 0.3) is 0 Å². The predicted octanol–water partition coefficient (Wildman–Crippen LogP) is 0.841. The normalized spacial score (nSPS) is 17.4. The number of carbonyl (C=O) groups is 2. The van der Waals surface area contributed by atoms with Crippen molar-refractivity contribution >= 4 is 12.0 Å². The number of amides is 2. The molecule has 1 rings (SSSR count). The zero-order chi connectivity index (χ0) is 15.2. The number of rotatable bonds is 5. The molecule has 0 spiro atoms. The minimum Gasteiger partial charge on any atom is -0.465 e. The van der Waals surface area contributed by atoms with Crippen molar-refractivity contribution in [3.63, 3.8) is 0 Å². The summed E-state index contributed by atoms with van der Waals surface area (Å²) < 4.78 is 5.18. The first-order valence-corrected chi connectivity index (χ1v) is 6.96. The zero-order valence-corrected chi connectivity index (χ0v) is 12.6. The minimum absolute atomic E-state index is 0.0221. The molecule has 1 saturated heterocycles. The van der Waals surface area contributed by atoms with Crippen molar-refractivity contribution < 1.29 is 14.3 Å². The topological polar surface area (TPSA) is 61.9 Å². The van der Waals surface area contributed by atoms with Crippen molar-refractivity contribution in [1.82, 2.24) is 15.1 Å². The van der Waals surface area contributed by atoms with Gasteiger partial charge in [0.15, 0.2) is 0 Å². The third-order valence-electron chi connectivity index (χ3n) is 3.52. The quantitative estimate of drug-likeness (QED) is 0.600. The molecular weight excluding hydrogens is 258 g/mol. The maximum absolute atomic E-state index is 12.2. The van der Waals surface area contributed by atoms with E-state index in [9.17, 15) is 9.59 Å². The molecule has 20 heavy (non-hydrogen) atoms. The molecule has 6 nitrogen and oxygen atoms in total. The highest BCUT2D eigenvalue weighted by Gasteiger charge is 2.43. The fraction of sp³-hybridized carbons (Fsp3) is 0.714. The Hall–Kier alpha value is -1.56. The maximum atomic E-state index is 12.2. The predicted molar refractivity (Wildman–Crippen MR) is 77.5 cm³/mol. The van der Waals surface area contributed by atoms with E-state index in [0.29, 0.717) is 39.1 Å². The number of urea groups is 1. The van der Waals surface area contributed by atoms with Crippen LogP contribution in [0.2, 0.25) is 0 Å². The van der Waals surface area contributed by atoms with E-state index in [1.165, 1.54) is 0 Å². The van der Waals surface area contributed by atoms with Gasteiger partial charge in [-0.1, -0.05) is 6.08 Å². The summed E-state index contributed by atoms with van der Waals surface area (Å²) in [4.78, 5) is 27.4. The molecule has 0 radical (unpaired) electrons. The van der Waals surface area contributed by atoms with Crippen LogP contribution in [0.4, 0.5) is 4.79 Å². The molecule has 1 aliphatic heterocycles. The third kappa shape index (κ3) is 3.72. The van der Waals surface area contributed by atoms with E-state index in [1.807, 2.05) is 0 Å². The molecule has 1 N–H and O–H groups in total. The number of esters is 1. The smallest absolute Gasteiger partial charge is 0.326 e. The summed E-state index contributed by atoms with van der Waals surface area (Å²) in [6, 6.07) is -0.0221. The summed E-state index contributed by atoms with van der Waals surface area (Å²) in [7, 11) is 3.46. The fourth-order valence-electron chi connectivity index (χ4n) is 2.35. The van der Waals surface area contributed by atoms with E-state index < -0.39 is 5.54 Å². The van der Waals surface area contributed by atoms with Crippen molar-refractivity contribution in [2.24, 2.45) is 0 Å². The molecule has 0 unspecified atom stereocenters. The van der Waals surface area contributed by atoms with E-state index in [-0.39, 0.29) is 12.0 Å². The third-order valence-corrected chi connectivity index (χ3v) is 3.52. The van der Waals surface area contributed by atoms with Gasteiger partial charge in [0, 0.05) is 33.7 Å². The van der Waals surface area contributed by atoms with Crippen LogP contribution >= 0.6 is 0 Å². The molecule has 2 amide bonds. The molecule has 1 heterocycles. The molecule has 1 aliphatic rings. The Kier molecular flexibility index (Phi) is 6.01. The van der Waals surface area contributed by atoms with Gasteiger partial charge < -0.3 is 14.5 Å².